The Kier molecular flexibility index (Phi) is 2.81. The second-order valence-corrected chi connectivity index (χ2v) is 4.77. The lowest BCUT2D eigenvalue weighted by molar-refractivity contribution is 0.102. The van der Waals surface area contributed by atoms with Crippen molar-refractivity contribution < 1.29 is 4.79 Å². The lowest BCUT2D eigenvalue weighted by Crippen LogP contribution is -2.17. The van der Waals surface area contributed by atoms with Gasteiger partial charge in [0.05, 0.1) is 16.5 Å². The maximum absolute atomic E-state index is 11.9. The summed E-state index contributed by atoms with van der Waals surface area (Å²) >= 11 is 1.37. The number of nitrogens with zero attached hydrogens (tertiary/aromatic N) is 2. The number of nitrogens with one attached hydrogen (secondary N) is 2. The van der Waals surface area contributed by atoms with Crippen molar-refractivity contribution in [2.24, 2.45) is 0 Å². The number of carbonyl (C=O) groups is 1. The van der Waals surface area contributed by atoms with Crippen LogP contribution in [0.15, 0.2) is 41.5 Å². The molecule has 0 unspecified atom stereocenters. The van der Waals surface area contributed by atoms with Crippen LogP contribution in [0, 0.1) is 0 Å². The van der Waals surface area contributed by atoms with Crippen LogP contribution in [0.3, 0.4) is 0 Å². The number of carbonyl (C=O) groups excluding carboxylic acids is 1. The minimum atomic E-state index is -0.454. The van der Waals surface area contributed by atoms with E-state index in [0.717, 1.165) is 16.3 Å². The van der Waals surface area contributed by atoms with Crippen LogP contribution < -0.4 is 10.9 Å². The number of hydrogen-bond acceptors (Lipinski definition) is 5. The molecule has 0 fully saturated rings. The smallest absolute Gasteiger partial charge is 0.276 e. The Bertz CT molecular complexity index is 775. The lowest BCUT2D eigenvalue weighted by Gasteiger charge is -1.98. The molecule has 1 amide bonds. The van der Waals surface area contributed by atoms with E-state index in [1.54, 1.807) is 0 Å². The Morgan fingerprint density at radius 2 is 2.16 bits per heavy atom. The third-order valence-electron chi connectivity index (χ3n) is 2.43. The van der Waals surface area contributed by atoms with Crippen molar-refractivity contribution in [2.45, 2.75) is 0 Å². The first-order valence-corrected chi connectivity index (χ1v) is 6.26. The van der Waals surface area contributed by atoms with Crippen molar-refractivity contribution in [2.75, 3.05) is 5.32 Å². The van der Waals surface area contributed by atoms with Crippen LogP contribution in [0.5, 0.6) is 0 Å². The first-order valence-electron chi connectivity index (χ1n) is 5.44. The fourth-order valence-electron chi connectivity index (χ4n) is 1.58. The van der Waals surface area contributed by atoms with Gasteiger partial charge in [-0.2, -0.15) is 0 Å². The molecule has 0 bridgehead atoms. The maximum atomic E-state index is 11.9. The monoisotopic (exact) mass is 272 g/mol. The topological polar surface area (TPSA) is 87.7 Å². The average molecular weight is 272 g/mol. The van der Waals surface area contributed by atoms with Gasteiger partial charge in [0.1, 0.15) is 5.69 Å². The van der Waals surface area contributed by atoms with Crippen LogP contribution >= 0.6 is 11.3 Å². The van der Waals surface area contributed by atoms with E-state index in [9.17, 15) is 9.59 Å². The van der Waals surface area contributed by atoms with Crippen LogP contribution in [0.4, 0.5) is 5.13 Å². The molecule has 6 nitrogen and oxygen atoms in total. The Hall–Kier alpha value is -2.54. The Morgan fingerprint density at radius 3 is 2.95 bits per heavy atom. The number of aromatic amines is 1. The van der Waals surface area contributed by atoms with E-state index in [1.807, 2.05) is 24.3 Å². The average Bonchev–Trinajstić information content (AvgIpc) is 2.80. The van der Waals surface area contributed by atoms with E-state index in [4.69, 9.17) is 0 Å². The standard InChI is InChI=1S/C12H8N4O2S/c17-10-5-8(13-6-14-10)11(18)16-12-15-7-3-1-2-4-9(7)19-12/h1-6H,(H,13,14,17)(H,15,16,18). The number of hydrogen-bond donors (Lipinski definition) is 2. The van der Waals surface area contributed by atoms with Crippen LogP contribution in [-0.4, -0.2) is 20.9 Å². The molecule has 3 rings (SSSR count). The number of H-pyrrole nitrogens is 1. The van der Waals surface area contributed by atoms with Gasteiger partial charge in [0.2, 0.25) is 0 Å². The third-order valence-corrected chi connectivity index (χ3v) is 3.38. The summed E-state index contributed by atoms with van der Waals surface area (Å²) in [5.41, 5.74) is 0.508. The number of benzene rings is 1. The molecule has 0 spiro atoms. The van der Waals surface area contributed by atoms with E-state index in [-0.39, 0.29) is 11.3 Å². The summed E-state index contributed by atoms with van der Waals surface area (Å²) in [5, 5.41) is 3.11. The second kappa shape index (κ2) is 4.62. The molecule has 19 heavy (non-hydrogen) atoms. The highest BCUT2D eigenvalue weighted by Crippen LogP contribution is 2.25. The zero-order chi connectivity index (χ0) is 13.2. The van der Waals surface area contributed by atoms with E-state index in [1.165, 1.54) is 17.7 Å². The molecular weight excluding hydrogens is 264 g/mol. The minimum Gasteiger partial charge on any atom is -0.313 e. The van der Waals surface area contributed by atoms with Crippen molar-refractivity contribution in [3.8, 4) is 0 Å². The molecule has 0 aliphatic heterocycles. The third kappa shape index (κ3) is 2.36. The second-order valence-electron chi connectivity index (χ2n) is 3.74. The number of rotatable bonds is 2. The quantitative estimate of drug-likeness (QED) is 0.742. The largest absolute Gasteiger partial charge is 0.313 e. The predicted octanol–water partition coefficient (Wildman–Crippen LogP) is 1.63. The van der Waals surface area contributed by atoms with Gasteiger partial charge in [0.15, 0.2) is 5.13 Å². The van der Waals surface area contributed by atoms with Crippen molar-refractivity contribution in [3.63, 3.8) is 0 Å². The molecule has 2 aromatic heterocycles. The van der Waals surface area contributed by atoms with Crippen molar-refractivity contribution in [3.05, 3.63) is 52.7 Å². The van der Waals surface area contributed by atoms with Gasteiger partial charge in [-0.25, -0.2) is 9.97 Å². The molecule has 0 atom stereocenters. The molecule has 0 radical (unpaired) electrons. The highest BCUT2D eigenvalue weighted by Gasteiger charge is 2.11. The Labute approximate surface area is 111 Å². The summed E-state index contributed by atoms with van der Waals surface area (Å²) in [7, 11) is 0. The molecule has 2 heterocycles. The van der Waals surface area contributed by atoms with Crippen molar-refractivity contribution in [1.29, 1.82) is 0 Å². The molecule has 0 saturated carbocycles. The van der Waals surface area contributed by atoms with Crippen LogP contribution in [0.1, 0.15) is 10.5 Å². The Morgan fingerprint density at radius 1 is 1.32 bits per heavy atom. The van der Waals surface area contributed by atoms with Crippen LogP contribution in [0.25, 0.3) is 10.2 Å². The normalized spacial score (nSPS) is 10.5. The molecule has 0 aliphatic rings. The molecule has 0 aliphatic carbocycles. The fourth-order valence-corrected chi connectivity index (χ4v) is 2.44. The van der Waals surface area contributed by atoms with Crippen molar-refractivity contribution >= 4 is 32.6 Å². The summed E-state index contributed by atoms with van der Waals surface area (Å²) in [5.74, 6) is -0.454. The molecule has 1 aromatic carbocycles. The van der Waals surface area contributed by atoms with Crippen LogP contribution in [-0.2, 0) is 0 Å². The van der Waals surface area contributed by atoms with Crippen molar-refractivity contribution in [1.82, 2.24) is 15.0 Å². The zero-order valence-electron chi connectivity index (χ0n) is 9.58. The highest BCUT2D eigenvalue weighted by molar-refractivity contribution is 7.22. The highest BCUT2D eigenvalue weighted by atomic mass is 32.1. The molecular formula is C12H8N4O2S. The van der Waals surface area contributed by atoms with Gasteiger partial charge in [-0.05, 0) is 12.1 Å². The summed E-state index contributed by atoms with van der Waals surface area (Å²) in [6, 6.07) is 8.72. The van der Waals surface area contributed by atoms with Gasteiger partial charge < -0.3 is 4.98 Å². The fraction of sp³-hybridized carbons (Fsp3) is 0. The first kappa shape index (κ1) is 11.5. The number of amides is 1. The van der Waals surface area contributed by atoms with E-state index in [0.29, 0.717) is 5.13 Å². The molecule has 94 valence electrons. The van der Waals surface area contributed by atoms with Gasteiger partial charge in [-0.3, -0.25) is 14.9 Å². The van der Waals surface area contributed by atoms with Gasteiger partial charge >= 0.3 is 0 Å². The molecule has 0 saturated heterocycles. The summed E-state index contributed by atoms with van der Waals surface area (Å²) in [4.78, 5) is 33.4. The zero-order valence-corrected chi connectivity index (χ0v) is 10.4. The van der Waals surface area contributed by atoms with Gasteiger partial charge in [0, 0.05) is 6.07 Å². The van der Waals surface area contributed by atoms with Crippen LogP contribution in [0.2, 0.25) is 0 Å². The summed E-state index contributed by atoms with van der Waals surface area (Å²) in [6.07, 6.45) is 1.19. The van der Waals surface area contributed by atoms with Gasteiger partial charge in [0.25, 0.3) is 11.5 Å². The number of thiazole rings is 1. The number of para-hydroxylation sites is 1. The SMILES string of the molecule is O=C(Nc1nc2ccccc2s1)c1cc(=O)[nH]cn1. The summed E-state index contributed by atoms with van der Waals surface area (Å²) in [6.45, 7) is 0. The molecule has 3 aromatic rings. The van der Waals surface area contributed by atoms with E-state index < -0.39 is 5.91 Å². The maximum Gasteiger partial charge on any atom is 0.276 e. The minimum absolute atomic E-state index is 0.0583. The van der Waals surface area contributed by atoms with Gasteiger partial charge in [-0.15, -0.1) is 0 Å². The summed E-state index contributed by atoms with van der Waals surface area (Å²) < 4.78 is 0.983. The number of aromatic nitrogens is 3. The Balaban J connectivity index is 1.88. The number of fused-ring (bicyclic) bond motifs is 1. The first-order chi connectivity index (χ1) is 9.22. The lowest BCUT2D eigenvalue weighted by atomic mass is 10.3. The molecule has 2 N–H and O–H groups in total. The van der Waals surface area contributed by atoms with Gasteiger partial charge in [-0.1, -0.05) is 23.5 Å². The predicted molar refractivity (Wildman–Crippen MR) is 72.4 cm³/mol. The van der Waals surface area contributed by atoms with E-state index >= 15 is 0 Å². The number of anilines is 1. The molecule has 7 heteroatoms. The van der Waals surface area contributed by atoms with E-state index in [2.05, 4.69) is 20.3 Å².